The normalized spacial score (nSPS) is 17.1. The number of hydrogen-bond acceptors (Lipinski definition) is 3. The number of para-hydroxylation sites is 1. The molecule has 1 aromatic carbocycles. The zero-order chi connectivity index (χ0) is 17.2. The van der Waals surface area contributed by atoms with E-state index in [0.717, 1.165) is 35.9 Å². The summed E-state index contributed by atoms with van der Waals surface area (Å²) in [5, 5.41) is 0.867. The quantitative estimate of drug-likeness (QED) is 0.801. The predicted octanol–water partition coefficient (Wildman–Crippen LogP) is 2.77. The molecule has 0 radical (unpaired) electrons. The number of H-pyrrole nitrogens is 1. The number of aromatic nitrogens is 2. The van der Waals surface area contributed by atoms with Crippen molar-refractivity contribution in [3.05, 3.63) is 76.3 Å². The van der Waals surface area contributed by atoms with Crippen LogP contribution >= 0.6 is 0 Å². The maximum Gasteiger partial charge on any atom is 0.261 e. The van der Waals surface area contributed by atoms with Crippen molar-refractivity contribution < 1.29 is 4.79 Å². The van der Waals surface area contributed by atoms with Crippen molar-refractivity contribution in [3.63, 3.8) is 0 Å². The van der Waals surface area contributed by atoms with Gasteiger partial charge in [-0.3, -0.25) is 14.6 Å². The second-order valence-electron chi connectivity index (χ2n) is 6.42. The molecule has 5 nitrogen and oxygen atoms in total. The highest BCUT2D eigenvalue weighted by molar-refractivity contribution is 5.97. The van der Waals surface area contributed by atoms with Crippen LogP contribution in [0.3, 0.4) is 0 Å². The standard InChI is InChI=1S/C20H19N3O2/c24-19-17(12-14-6-1-2-9-18(14)22-19)20(25)23-11-5-8-16(23)13-15-7-3-4-10-21-15/h1-4,6-7,9-10,12,16H,5,8,11,13H2,(H,22,24). The number of fused-ring (bicyclic) bond motifs is 1. The van der Waals surface area contributed by atoms with E-state index in [4.69, 9.17) is 0 Å². The first-order valence-corrected chi connectivity index (χ1v) is 8.55. The Morgan fingerprint density at radius 1 is 1.20 bits per heavy atom. The van der Waals surface area contributed by atoms with Crippen LogP contribution in [0.15, 0.2) is 59.5 Å². The van der Waals surface area contributed by atoms with Crippen LogP contribution < -0.4 is 5.56 Å². The van der Waals surface area contributed by atoms with Gasteiger partial charge in [0.05, 0.1) is 0 Å². The SMILES string of the molecule is O=C(c1cc2ccccc2[nH]c1=O)N1CCCC1Cc1ccccn1. The van der Waals surface area contributed by atoms with Crippen molar-refractivity contribution in [1.29, 1.82) is 0 Å². The molecule has 0 bridgehead atoms. The number of nitrogens with one attached hydrogen (secondary N) is 1. The Balaban J connectivity index is 1.63. The number of rotatable bonds is 3. The summed E-state index contributed by atoms with van der Waals surface area (Å²) in [5.41, 5.74) is 1.61. The van der Waals surface area contributed by atoms with Gasteiger partial charge >= 0.3 is 0 Å². The molecule has 5 heteroatoms. The number of amides is 1. The molecular formula is C20H19N3O2. The van der Waals surface area contributed by atoms with Crippen molar-refractivity contribution in [1.82, 2.24) is 14.9 Å². The molecule has 0 spiro atoms. The number of carbonyl (C=O) groups is 1. The molecule has 3 aromatic rings. The van der Waals surface area contributed by atoms with Gasteiger partial charge in [0, 0.05) is 36.4 Å². The van der Waals surface area contributed by atoms with Crippen molar-refractivity contribution in [2.45, 2.75) is 25.3 Å². The van der Waals surface area contributed by atoms with Crippen LogP contribution in [0.4, 0.5) is 0 Å². The fourth-order valence-corrected chi connectivity index (χ4v) is 3.54. The average molecular weight is 333 g/mol. The van der Waals surface area contributed by atoms with E-state index in [1.54, 1.807) is 12.3 Å². The maximum atomic E-state index is 13.0. The minimum absolute atomic E-state index is 0.0910. The highest BCUT2D eigenvalue weighted by Crippen LogP contribution is 2.23. The molecule has 3 heterocycles. The molecule has 1 aliphatic rings. The molecule has 25 heavy (non-hydrogen) atoms. The fourth-order valence-electron chi connectivity index (χ4n) is 3.54. The molecule has 1 atom stereocenters. The first-order valence-electron chi connectivity index (χ1n) is 8.55. The number of aromatic amines is 1. The van der Waals surface area contributed by atoms with Crippen LogP contribution in [-0.4, -0.2) is 33.4 Å². The Morgan fingerprint density at radius 2 is 2.04 bits per heavy atom. The zero-order valence-electron chi connectivity index (χ0n) is 13.8. The second kappa shape index (κ2) is 6.51. The van der Waals surface area contributed by atoms with Crippen molar-refractivity contribution in [3.8, 4) is 0 Å². The molecule has 1 saturated heterocycles. The molecule has 1 fully saturated rings. The van der Waals surface area contributed by atoms with Gasteiger partial charge in [-0.15, -0.1) is 0 Å². The van der Waals surface area contributed by atoms with Gasteiger partial charge in [-0.25, -0.2) is 0 Å². The third kappa shape index (κ3) is 3.05. The van der Waals surface area contributed by atoms with Crippen LogP contribution in [0.25, 0.3) is 10.9 Å². The Kier molecular flexibility index (Phi) is 4.06. The lowest BCUT2D eigenvalue weighted by Gasteiger charge is -2.24. The van der Waals surface area contributed by atoms with Crippen LogP contribution in [-0.2, 0) is 6.42 Å². The molecular weight excluding hydrogens is 314 g/mol. The van der Waals surface area contributed by atoms with E-state index < -0.39 is 0 Å². The number of benzene rings is 1. The lowest BCUT2D eigenvalue weighted by atomic mass is 10.1. The molecule has 2 aromatic heterocycles. The lowest BCUT2D eigenvalue weighted by molar-refractivity contribution is 0.0734. The van der Waals surface area contributed by atoms with E-state index in [1.807, 2.05) is 47.4 Å². The monoisotopic (exact) mass is 333 g/mol. The molecule has 4 rings (SSSR count). The number of carbonyl (C=O) groups excluding carboxylic acids is 1. The molecule has 1 N–H and O–H groups in total. The molecule has 1 aliphatic heterocycles. The summed E-state index contributed by atoms with van der Waals surface area (Å²) < 4.78 is 0. The summed E-state index contributed by atoms with van der Waals surface area (Å²) in [7, 11) is 0. The van der Waals surface area contributed by atoms with Gasteiger partial charge in [0.25, 0.3) is 11.5 Å². The van der Waals surface area contributed by atoms with E-state index in [1.165, 1.54) is 0 Å². The second-order valence-corrected chi connectivity index (χ2v) is 6.42. The predicted molar refractivity (Wildman–Crippen MR) is 96.6 cm³/mol. The Labute approximate surface area is 145 Å². The summed E-state index contributed by atoms with van der Waals surface area (Å²) in [4.78, 5) is 34.4. The summed E-state index contributed by atoms with van der Waals surface area (Å²) >= 11 is 0. The van der Waals surface area contributed by atoms with Crippen LogP contribution in [0.2, 0.25) is 0 Å². The number of nitrogens with zero attached hydrogens (tertiary/aromatic N) is 2. The number of pyridine rings is 2. The molecule has 1 unspecified atom stereocenters. The average Bonchev–Trinajstić information content (AvgIpc) is 3.09. The minimum atomic E-state index is -0.327. The van der Waals surface area contributed by atoms with Gasteiger partial charge in [-0.05, 0) is 42.5 Å². The summed E-state index contributed by atoms with van der Waals surface area (Å²) in [6.45, 7) is 0.683. The van der Waals surface area contributed by atoms with Gasteiger partial charge in [0.1, 0.15) is 5.56 Å². The minimum Gasteiger partial charge on any atom is -0.335 e. The highest BCUT2D eigenvalue weighted by Gasteiger charge is 2.31. The largest absolute Gasteiger partial charge is 0.335 e. The van der Waals surface area contributed by atoms with E-state index in [0.29, 0.717) is 6.54 Å². The molecule has 126 valence electrons. The van der Waals surface area contributed by atoms with Gasteiger partial charge in [-0.2, -0.15) is 0 Å². The van der Waals surface area contributed by atoms with Gasteiger partial charge < -0.3 is 9.88 Å². The summed E-state index contributed by atoms with van der Waals surface area (Å²) in [6, 6.07) is 15.1. The van der Waals surface area contributed by atoms with Crippen LogP contribution in [0, 0.1) is 0 Å². The molecule has 1 amide bonds. The van der Waals surface area contributed by atoms with Crippen LogP contribution in [0.1, 0.15) is 28.9 Å². The van der Waals surface area contributed by atoms with E-state index in [2.05, 4.69) is 9.97 Å². The topological polar surface area (TPSA) is 66.1 Å². The van der Waals surface area contributed by atoms with Gasteiger partial charge in [0.15, 0.2) is 0 Å². The first kappa shape index (κ1) is 15.6. The lowest BCUT2D eigenvalue weighted by Crippen LogP contribution is -2.39. The number of likely N-dealkylation sites (tertiary alicyclic amines) is 1. The van der Waals surface area contributed by atoms with Crippen molar-refractivity contribution >= 4 is 16.8 Å². The maximum absolute atomic E-state index is 13.0. The third-order valence-electron chi connectivity index (χ3n) is 4.79. The fraction of sp³-hybridized carbons (Fsp3) is 0.250. The smallest absolute Gasteiger partial charge is 0.261 e. The van der Waals surface area contributed by atoms with Crippen molar-refractivity contribution in [2.24, 2.45) is 0 Å². The van der Waals surface area contributed by atoms with Crippen molar-refractivity contribution in [2.75, 3.05) is 6.54 Å². The summed E-state index contributed by atoms with van der Waals surface area (Å²) in [5.74, 6) is -0.189. The van der Waals surface area contributed by atoms with E-state index >= 15 is 0 Å². The van der Waals surface area contributed by atoms with Gasteiger partial charge in [0.2, 0.25) is 0 Å². The van der Waals surface area contributed by atoms with Gasteiger partial charge in [-0.1, -0.05) is 24.3 Å². The Bertz CT molecular complexity index is 965. The number of hydrogen-bond donors (Lipinski definition) is 1. The van der Waals surface area contributed by atoms with E-state index in [9.17, 15) is 9.59 Å². The highest BCUT2D eigenvalue weighted by atomic mass is 16.2. The molecule has 0 aliphatic carbocycles. The Hall–Kier alpha value is -2.95. The van der Waals surface area contributed by atoms with E-state index in [-0.39, 0.29) is 23.1 Å². The molecule has 0 saturated carbocycles. The Morgan fingerprint density at radius 3 is 2.88 bits per heavy atom. The first-order chi connectivity index (χ1) is 12.2. The van der Waals surface area contributed by atoms with Crippen LogP contribution in [0.5, 0.6) is 0 Å². The summed E-state index contributed by atoms with van der Waals surface area (Å²) in [6.07, 6.45) is 4.38. The third-order valence-corrected chi connectivity index (χ3v) is 4.79. The zero-order valence-corrected chi connectivity index (χ0v) is 13.8.